The lowest BCUT2D eigenvalue weighted by Crippen LogP contribution is -2.00. The Hall–Kier alpha value is -7.74. The van der Waals surface area contributed by atoms with Gasteiger partial charge in [0.2, 0.25) is 0 Å². The SMILES string of the molecule is N#Cc1cc2nc(-c3ccccc3)c(-c3ccccc3)nc2c2c1c(-c1ccccc1-c1ccc3c4ccccc4c4ccccc4c3c1)nc1ccccc12. The zero-order chi connectivity index (χ0) is 37.2. The van der Waals surface area contributed by atoms with E-state index in [1.807, 2.05) is 60.7 Å². The summed E-state index contributed by atoms with van der Waals surface area (Å²) < 4.78 is 0. The summed E-state index contributed by atoms with van der Waals surface area (Å²) in [4.78, 5) is 16.2. The Morgan fingerprint density at radius 2 is 0.839 bits per heavy atom. The molecule has 4 nitrogen and oxygen atoms in total. The number of benzene rings is 9. The zero-order valence-corrected chi connectivity index (χ0v) is 30.1. The number of para-hydroxylation sites is 1. The van der Waals surface area contributed by atoms with Crippen molar-refractivity contribution in [2.24, 2.45) is 0 Å². The van der Waals surface area contributed by atoms with Gasteiger partial charge in [-0.15, -0.1) is 0 Å². The molecule has 11 aromatic rings. The Morgan fingerprint density at radius 3 is 1.48 bits per heavy atom. The van der Waals surface area contributed by atoms with E-state index in [1.165, 1.54) is 32.3 Å². The van der Waals surface area contributed by atoms with Crippen molar-refractivity contribution in [1.29, 1.82) is 5.26 Å². The number of pyridine rings is 1. The molecule has 0 amide bonds. The summed E-state index contributed by atoms with van der Waals surface area (Å²) in [5.41, 5.74) is 10.0. The maximum Gasteiger partial charge on any atom is 0.0999 e. The highest BCUT2D eigenvalue weighted by Crippen LogP contribution is 2.44. The molecular weight excluding hydrogens is 681 g/mol. The van der Waals surface area contributed by atoms with Crippen molar-refractivity contribution in [3.8, 4) is 51.0 Å². The van der Waals surface area contributed by atoms with E-state index in [9.17, 15) is 5.26 Å². The van der Waals surface area contributed by atoms with Gasteiger partial charge >= 0.3 is 0 Å². The second kappa shape index (κ2) is 12.7. The van der Waals surface area contributed by atoms with Gasteiger partial charge in [-0.2, -0.15) is 5.26 Å². The van der Waals surface area contributed by atoms with E-state index in [1.54, 1.807) is 0 Å². The predicted octanol–water partition coefficient (Wildman–Crippen LogP) is 13.3. The number of fused-ring (bicyclic) bond motifs is 11. The Kier molecular flexibility index (Phi) is 7.20. The molecule has 0 aliphatic heterocycles. The summed E-state index contributed by atoms with van der Waals surface area (Å²) in [5, 5.41) is 20.8. The molecule has 0 unspecified atom stereocenters. The van der Waals surface area contributed by atoms with E-state index in [-0.39, 0.29) is 0 Å². The largest absolute Gasteiger partial charge is 0.247 e. The average molecular weight is 711 g/mol. The van der Waals surface area contributed by atoms with Gasteiger partial charge in [0.05, 0.1) is 45.3 Å². The molecule has 0 saturated heterocycles. The fourth-order valence-electron chi connectivity index (χ4n) is 8.56. The lowest BCUT2D eigenvalue weighted by Gasteiger charge is -2.18. The minimum absolute atomic E-state index is 0.507. The van der Waals surface area contributed by atoms with Gasteiger partial charge in [0.1, 0.15) is 0 Å². The van der Waals surface area contributed by atoms with Crippen LogP contribution in [-0.2, 0) is 0 Å². The van der Waals surface area contributed by atoms with Crippen molar-refractivity contribution >= 4 is 65.0 Å². The van der Waals surface area contributed by atoms with Gasteiger partial charge in [0.25, 0.3) is 0 Å². The second-order valence-electron chi connectivity index (χ2n) is 14.2. The standard InChI is InChI=1S/C52H30N4/c53-31-35-30-46-52(56-50(33-17-5-2-6-18-33)49(55-46)32-15-3-1-4-16-32)48-43-25-13-14-26-45(43)54-51(47(35)48)42-24-12-7-19-36(42)34-27-28-41-39-22-9-8-20-37(39)38-21-10-11-23-40(38)44(41)29-34/h1-30H. The molecule has 0 N–H and O–H groups in total. The molecule has 11 rings (SSSR count). The minimum Gasteiger partial charge on any atom is -0.247 e. The van der Waals surface area contributed by atoms with Crippen molar-refractivity contribution in [1.82, 2.24) is 15.0 Å². The molecule has 0 fully saturated rings. The Labute approximate surface area is 322 Å². The summed E-state index contributed by atoms with van der Waals surface area (Å²) >= 11 is 0. The van der Waals surface area contributed by atoms with E-state index < -0.39 is 0 Å². The van der Waals surface area contributed by atoms with E-state index >= 15 is 0 Å². The van der Waals surface area contributed by atoms with Crippen LogP contribution >= 0.6 is 0 Å². The summed E-state index contributed by atoms with van der Waals surface area (Å²) in [5.74, 6) is 0. The highest BCUT2D eigenvalue weighted by Gasteiger charge is 2.23. The Bertz CT molecular complexity index is 3390. The molecule has 2 heterocycles. The molecule has 0 saturated carbocycles. The highest BCUT2D eigenvalue weighted by atomic mass is 14.8. The maximum atomic E-state index is 10.9. The third-order valence-electron chi connectivity index (χ3n) is 11.1. The van der Waals surface area contributed by atoms with Crippen molar-refractivity contribution in [2.75, 3.05) is 0 Å². The van der Waals surface area contributed by atoms with Crippen LogP contribution in [-0.4, -0.2) is 15.0 Å². The smallest absolute Gasteiger partial charge is 0.0999 e. The topological polar surface area (TPSA) is 62.5 Å². The second-order valence-corrected chi connectivity index (χ2v) is 14.2. The van der Waals surface area contributed by atoms with Gasteiger partial charge in [-0.1, -0.05) is 164 Å². The van der Waals surface area contributed by atoms with Gasteiger partial charge in [-0.25, -0.2) is 15.0 Å². The number of hydrogen-bond acceptors (Lipinski definition) is 4. The molecular formula is C52H30N4. The molecule has 56 heavy (non-hydrogen) atoms. The summed E-state index contributed by atoms with van der Waals surface area (Å²) in [7, 11) is 0. The van der Waals surface area contributed by atoms with Crippen LogP contribution in [0.15, 0.2) is 182 Å². The molecule has 258 valence electrons. The number of hydrogen-bond donors (Lipinski definition) is 0. The Morgan fingerprint density at radius 1 is 0.339 bits per heavy atom. The number of nitrogens with zero attached hydrogens (tertiary/aromatic N) is 4. The van der Waals surface area contributed by atoms with E-state index in [4.69, 9.17) is 15.0 Å². The van der Waals surface area contributed by atoms with Crippen LogP contribution in [0.5, 0.6) is 0 Å². The molecule has 0 atom stereocenters. The van der Waals surface area contributed by atoms with Gasteiger partial charge in [0.15, 0.2) is 0 Å². The predicted molar refractivity (Wildman–Crippen MR) is 231 cm³/mol. The van der Waals surface area contributed by atoms with E-state index in [2.05, 4.69) is 127 Å². The van der Waals surface area contributed by atoms with Crippen LogP contribution in [0.3, 0.4) is 0 Å². The molecule has 4 heteroatoms. The molecule has 0 aliphatic carbocycles. The normalized spacial score (nSPS) is 11.6. The van der Waals surface area contributed by atoms with Crippen LogP contribution in [0.4, 0.5) is 0 Å². The molecule has 2 aromatic heterocycles. The van der Waals surface area contributed by atoms with Crippen LogP contribution in [0.25, 0.3) is 110 Å². The summed E-state index contributed by atoms with van der Waals surface area (Å²) in [6.45, 7) is 0. The van der Waals surface area contributed by atoms with Crippen molar-refractivity contribution in [2.45, 2.75) is 0 Å². The fourth-order valence-corrected chi connectivity index (χ4v) is 8.56. The molecule has 0 bridgehead atoms. The first-order valence-electron chi connectivity index (χ1n) is 18.8. The van der Waals surface area contributed by atoms with Crippen LogP contribution in [0.2, 0.25) is 0 Å². The summed E-state index contributed by atoms with van der Waals surface area (Å²) in [6.07, 6.45) is 0. The van der Waals surface area contributed by atoms with Gasteiger partial charge in [0, 0.05) is 32.8 Å². The van der Waals surface area contributed by atoms with Crippen LogP contribution < -0.4 is 0 Å². The summed E-state index contributed by atoms with van der Waals surface area (Å²) in [6, 6.07) is 65.5. The lowest BCUT2D eigenvalue weighted by atomic mass is 9.89. The molecule has 0 spiro atoms. The number of nitriles is 1. The average Bonchev–Trinajstić information content (AvgIpc) is 3.28. The van der Waals surface area contributed by atoms with Crippen molar-refractivity contribution < 1.29 is 0 Å². The number of aromatic nitrogens is 3. The zero-order valence-electron chi connectivity index (χ0n) is 30.1. The third kappa shape index (κ3) is 4.89. The first kappa shape index (κ1) is 31.8. The monoisotopic (exact) mass is 710 g/mol. The van der Waals surface area contributed by atoms with Gasteiger partial charge < -0.3 is 0 Å². The molecule has 0 radical (unpaired) electrons. The van der Waals surface area contributed by atoms with Crippen LogP contribution in [0, 0.1) is 11.3 Å². The van der Waals surface area contributed by atoms with Crippen molar-refractivity contribution in [3.63, 3.8) is 0 Å². The van der Waals surface area contributed by atoms with Crippen molar-refractivity contribution in [3.05, 3.63) is 188 Å². The maximum absolute atomic E-state index is 10.9. The molecule has 9 aromatic carbocycles. The van der Waals surface area contributed by atoms with Gasteiger partial charge in [-0.05, 0) is 61.6 Å². The molecule has 0 aliphatic rings. The quantitative estimate of drug-likeness (QED) is 0.171. The first-order chi connectivity index (χ1) is 27.7. The highest BCUT2D eigenvalue weighted by molar-refractivity contribution is 6.26. The lowest BCUT2D eigenvalue weighted by molar-refractivity contribution is 1.30. The van der Waals surface area contributed by atoms with E-state index in [0.29, 0.717) is 11.1 Å². The fraction of sp³-hybridized carbons (Fsp3) is 0. The Balaban J connectivity index is 1.23. The first-order valence-corrected chi connectivity index (χ1v) is 18.8. The third-order valence-corrected chi connectivity index (χ3v) is 11.1. The van der Waals surface area contributed by atoms with Gasteiger partial charge in [-0.3, -0.25) is 0 Å². The van der Waals surface area contributed by atoms with E-state index in [0.717, 1.165) is 72.1 Å². The minimum atomic E-state index is 0.507. The number of rotatable bonds is 4. The van der Waals surface area contributed by atoms with Crippen LogP contribution in [0.1, 0.15) is 5.56 Å².